The number of halogens is 1. The van der Waals surface area contributed by atoms with Crippen molar-refractivity contribution in [3.05, 3.63) is 29.8 Å². The molecule has 0 spiro atoms. The monoisotopic (exact) mass is 238 g/mol. The van der Waals surface area contributed by atoms with Gasteiger partial charge in [-0.15, -0.1) is 0 Å². The maximum absolute atomic E-state index is 13.2. The molecule has 1 aromatic carbocycles. The fourth-order valence-corrected chi connectivity index (χ4v) is 1.95. The summed E-state index contributed by atoms with van der Waals surface area (Å²) >= 11 is 0. The van der Waals surface area contributed by atoms with Crippen molar-refractivity contribution in [3.63, 3.8) is 0 Å². The van der Waals surface area contributed by atoms with E-state index in [0.717, 1.165) is 0 Å². The maximum atomic E-state index is 13.2. The molecule has 1 saturated carbocycles. The number of carbonyl (C=O) groups is 1. The highest BCUT2D eigenvalue weighted by Crippen LogP contribution is 2.38. The lowest BCUT2D eigenvalue weighted by atomic mass is 9.81. The Balaban J connectivity index is 1.93. The van der Waals surface area contributed by atoms with E-state index in [-0.39, 0.29) is 12.1 Å². The number of methoxy groups -OCH3 is 1. The summed E-state index contributed by atoms with van der Waals surface area (Å²) in [6, 6.07) is 6.66. The molecule has 1 aromatic rings. The summed E-state index contributed by atoms with van der Waals surface area (Å²) in [5.41, 5.74) is -0.611. The summed E-state index contributed by atoms with van der Waals surface area (Å²) < 4.78 is 23.4. The van der Waals surface area contributed by atoms with Gasteiger partial charge in [0.25, 0.3) is 0 Å². The molecule has 0 N–H and O–H groups in total. The average molecular weight is 238 g/mol. The van der Waals surface area contributed by atoms with Gasteiger partial charge in [-0.25, -0.2) is 9.18 Å². The Morgan fingerprint density at radius 3 is 2.41 bits per heavy atom. The number of esters is 1. The van der Waals surface area contributed by atoms with Gasteiger partial charge in [0.1, 0.15) is 17.5 Å². The number of hydrogen-bond acceptors (Lipinski definition) is 3. The molecular weight excluding hydrogens is 223 g/mol. The van der Waals surface area contributed by atoms with E-state index in [4.69, 9.17) is 4.74 Å². The van der Waals surface area contributed by atoms with Crippen LogP contribution in [-0.4, -0.2) is 24.9 Å². The summed E-state index contributed by atoms with van der Waals surface area (Å²) in [7, 11) is 1.34. The highest BCUT2D eigenvalue weighted by Gasteiger charge is 2.42. The molecule has 1 aliphatic rings. The van der Waals surface area contributed by atoms with Gasteiger partial charge in [-0.2, -0.15) is 0 Å². The predicted octanol–water partition coefficient (Wildman–Crippen LogP) is 2.74. The van der Waals surface area contributed by atoms with E-state index in [2.05, 4.69) is 4.74 Å². The van der Waals surface area contributed by atoms with E-state index in [9.17, 15) is 9.18 Å². The SMILES string of the molecule is COC(=O)c1ccc(OC2CC(C)(F)C2)cc1. The van der Waals surface area contributed by atoms with Crippen LogP contribution in [-0.2, 0) is 4.74 Å². The van der Waals surface area contributed by atoms with E-state index in [1.807, 2.05) is 0 Å². The summed E-state index contributed by atoms with van der Waals surface area (Å²) in [6.45, 7) is 1.58. The minimum absolute atomic E-state index is 0.0611. The van der Waals surface area contributed by atoms with Crippen molar-refractivity contribution in [2.45, 2.75) is 31.5 Å². The summed E-state index contributed by atoms with van der Waals surface area (Å²) in [6.07, 6.45) is 0.784. The molecule has 3 nitrogen and oxygen atoms in total. The molecule has 0 amide bonds. The molecular formula is C13H15FO3. The molecule has 4 heteroatoms. The first-order chi connectivity index (χ1) is 8.00. The van der Waals surface area contributed by atoms with E-state index in [0.29, 0.717) is 24.2 Å². The zero-order valence-corrected chi connectivity index (χ0v) is 9.90. The van der Waals surface area contributed by atoms with Gasteiger partial charge in [-0.3, -0.25) is 0 Å². The summed E-state index contributed by atoms with van der Waals surface area (Å²) in [5, 5.41) is 0. The molecule has 0 radical (unpaired) electrons. The van der Waals surface area contributed by atoms with Crippen molar-refractivity contribution in [2.75, 3.05) is 7.11 Å². The second-order valence-corrected chi connectivity index (χ2v) is 4.58. The normalized spacial score (nSPS) is 27.1. The van der Waals surface area contributed by atoms with Crippen LogP contribution in [0, 0.1) is 0 Å². The van der Waals surface area contributed by atoms with Crippen molar-refractivity contribution in [3.8, 4) is 5.75 Å². The number of ether oxygens (including phenoxy) is 2. The van der Waals surface area contributed by atoms with Crippen LogP contribution < -0.4 is 4.74 Å². The van der Waals surface area contributed by atoms with Crippen LogP contribution in [0.2, 0.25) is 0 Å². The number of carbonyl (C=O) groups excluding carboxylic acids is 1. The first-order valence-corrected chi connectivity index (χ1v) is 5.54. The van der Waals surface area contributed by atoms with Crippen LogP contribution in [0.4, 0.5) is 4.39 Å². The highest BCUT2D eigenvalue weighted by atomic mass is 19.1. The first-order valence-electron chi connectivity index (χ1n) is 5.54. The molecule has 1 aliphatic carbocycles. The molecule has 92 valence electrons. The molecule has 17 heavy (non-hydrogen) atoms. The van der Waals surface area contributed by atoms with Gasteiger partial charge in [0.15, 0.2) is 0 Å². The number of hydrogen-bond donors (Lipinski definition) is 0. The van der Waals surface area contributed by atoms with Gasteiger partial charge in [0.2, 0.25) is 0 Å². The predicted molar refractivity (Wildman–Crippen MR) is 60.9 cm³/mol. The lowest BCUT2D eigenvalue weighted by Crippen LogP contribution is -2.44. The fraction of sp³-hybridized carbons (Fsp3) is 0.462. The molecule has 1 fully saturated rings. The van der Waals surface area contributed by atoms with E-state index in [1.54, 1.807) is 31.2 Å². The molecule has 0 unspecified atom stereocenters. The largest absolute Gasteiger partial charge is 0.490 e. The molecule has 0 aromatic heterocycles. The zero-order chi connectivity index (χ0) is 12.5. The van der Waals surface area contributed by atoms with Crippen LogP contribution >= 0.6 is 0 Å². The average Bonchev–Trinajstić information content (AvgIpc) is 2.26. The number of benzene rings is 1. The van der Waals surface area contributed by atoms with Gasteiger partial charge >= 0.3 is 5.97 Å². The minimum Gasteiger partial charge on any atom is -0.490 e. The van der Waals surface area contributed by atoms with Gasteiger partial charge in [-0.05, 0) is 31.2 Å². The third-order valence-corrected chi connectivity index (χ3v) is 2.88. The number of rotatable bonds is 3. The van der Waals surface area contributed by atoms with Crippen molar-refractivity contribution in [1.82, 2.24) is 0 Å². The zero-order valence-electron chi connectivity index (χ0n) is 9.90. The maximum Gasteiger partial charge on any atom is 0.337 e. The van der Waals surface area contributed by atoms with Gasteiger partial charge in [-0.1, -0.05) is 0 Å². The Bertz CT molecular complexity index is 403. The Morgan fingerprint density at radius 2 is 1.94 bits per heavy atom. The first kappa shape index (κ1) is 11.9. The second kappa shape index (κ2) is 4.35. The van der Waals surface area contributed by atoms with Crippen LogP contribution in [0.25, 0.3) is 0 Å². The molecule has 2 rings (SSSR count). The third kappa shape index (κ3) is 2.75. The molecule has 0 aliphatic heterocycles. The Labute approximate surface area is 99.5 Å². The van der Waals surface area contributed by atoms with Crippen LogP contribution in [0.1, 0.15) is 30.1 Å². The topological polar surface area (TPSA) is 35.5 Å². The van der Waals surface area contributed by atoms with Gasteiger partial charge in [0.05, 0.1) is 12.7 Å². The van der Waals surface area contributed by atoms with Crippen LogP contribution in [0.15, 0.2) is 24.3 Å². The van der Waals surface area contributed by atoms with Crippen LogP contribution in [0.5, 0.6) is 5.75 Å². The van der Waals surface area contributed by atoms with Crippen molar-refractivity contribution >= 4 is 5.97 Å². The van der Waals surface area contributed by atoms with Crippen molar-refractivity contribution in [1.29, 1.82) is 0 Å². The Morgan fingerprint density at radius 1 is 1.35 bits per heavy atom. The molecule has 0 heterocycles. The number of alkyl halides is 1. The third-order valence-electron chi connectivity index (χ3n) is 2.88. The van der Waals surface area contributed by atoms with Crippen LogP contribution in [0.3, 0.4) is 0 Å². The molecule has 0 atom stereocenters. The molecule has 0 saturated heterocycles. The van der Waals surface area contributed by atoms with Crippen molar-refractivity contribution < 1.29 is 18.7 Å². The fourth-order valence-electron chi connectivity index (χ4n) is 1.95. The second-order valence-electron chi connectivity index (χ2n) is 4.58. The molecule has 0 bridgehead atoms. The lowest BCUT2D eigenvalue weighted by molar-refractivity contribution is -0.0291. The smallest absolute Gasteiger partial charge is 0.337 e. The van der Waals surface area contributed by atoms with Gasteiger partial charge in [0, 0.05) is 12.8 Å². The minimum atomic E-state index is -1.09. The summed E-state index contributed by atoms with van der Waals surface area (Å²) in [4.78, 5) is 11.2. The van der Waals surface area contributed by atoms with E-state index >= 15 is 0 Å². The quantitative estimate of drug-likeness (QED) is 0.759. The standard InChI is InChI=1S/C13H15FO3/c1-13(14)7-11(8-13)17-10-5-3-9(4-6-10)12(15)16-2/h3-6,11H,7-8H2,1-2H3. The Kier molecular flexibility index (Phi) is 3.05. The highest BCUT2D eigenvalue weighted by molar-refractivity contribution is 5.89. The lowest BCUT2D eigenvalue weighted by Gasteiger charge is -2.38. The van der Waals surface area contributed by atoms with Crippen molar-refractivity contribution in [2.24, 2.45) is 0 Å². The Hall–Kier alpha value is -1.58. The van der Waals surface area contributed by atoms with Gasteiger partial charge < -0.3 is 9.47 Å². The van der Waals surface area contributed by atoms with E-state index < -0.39 is 5.67 Å². The summed E-state index contributed by atoms with van der Waals surface area (Å²) in [5.74, 6) is 0.273. The van der Waals surface area contributed by atoms with E-state index in [1.165, 1.54) is 7.11 Å².